The van der Waals surface area contributed by atoms with Crippen molar-refractivity contribution >= 4 is 11.9 Å². The Balaban J connectivity index is 2.39. The van der Waals surface area contributed by atoms with Crippen LogP contribution in [0.15, 0.2) is 30.3 Å². The number of carbonyl (C=O) groups excluding carboxylic acids is 1. The van der Waals surface area contributed by atoms with E-state index in [-0.39, 0.29) is 6.42 Å². The summed E-state index contributed by atoms with van der Waals surface area (Å²) in [5.74, 6) is -1.56. The van der Waals surface area contributed by atoms with Gasteiger partial charge in [0.2, 0.25) is 5.91 Å². The Labute approximate surface area is 92.7 Å². The molecule has 86 valence electrons. The molecule has 5 heteroatoms. The third-order valence-corrected chi connectivity index (χ3v) is 1.90. The SMILES string of the molecule is O=C(O)CC(O)NC(=O)Cc1ccccc1. The molecule has 0 aliphatic carbocycles. The van der Waals surface area contributed by atoms with Crippen LogP contribution in [-0.4, -0.2) is 28.3 Å². The maximum atomic E-state index is 11.3. The number of aliphatic hydroxyl groups is 1. The fourth-order valence-electron chi connectivity index (χ4n) is 1.23. The van der Waals surface area contributed by atoms with Gasteiger partial charge in [-0.25, -0.2) is 0 Å². The van der Waals surface area contributed by atoms with Crippen LogP contribution >= 0.6 is 0 Å². The summed E-state index contributed by atoms with van der Waals surface area (Å²) < 4.78 is 0. The molecule has 16 heavy (non-hydrogen) atoms. The van der Waals surface area contributed by atoms with Crippen molar-refractivity contribution in [2.24, 2.45) is 0 Å². The molecular weight excluding hydrogens is 210 g/mol. The van der Waals surface area contributed by atoms with Crippen molar-refractivity contribution in [2.75, 3.05) is 0 Å². The Morgan fingerprint density at radius 3 is 2.44 bits per heavy atom. The summed E-state index contributed by atoms with van der Waals surface area (Å²) in [6, 6.07) is 9.00. The minimum absolute atomic E-state index is 0.123. The zero-order valence-electron chi connectivity index (χ0n) is 8.59. The minimum Gasteiger partial charge on any atom is -0.481 e. The predicted octanol–water partition coefficient (Wildman–Crippen LogP) is 0.138. The van der Waals surface area contributed by atoms with Crippen molar-refractivity contribution < 1.29 is 19.8 Å². The highest BCUT2D eigenvalue weighted by Gasteiger charge is 2.12. The van der Waals surface area contributed by atoms with E-state index in [1.807, 2.05) is 6.07 Å². The molecule has 1 amide bonds. The van der Waals surface area contributed by atoms with E-state index in [0.29, 0.717) is 0 Å². The molecule has 0 aromatic heterocycles. The lowest BCUT2D eigenvalue weighted by Crippen LogP contribution is -2.37. The second kappa shape index (κ2) is 5.87. The zero-order valence-corrected chi connectivity index (χ0v) is 8.59. The number of hydrogen-bond donors (Lipinski definition) is 3. The maximum Gasteiger partial charge on any atom is 0.307 e. The van der Waals surface area contributed by atoms with Gasteiger partial charge in [0.25, 0.3) is 0 Å². The van der Waals surface area contributed by atoms with Crippen LogP contribution in [0.1, 0.15) is 12.0 Å². The maximum absolute atomic E-state index is 11.3. The molecule has 0 aliphatic heterocycles. The Kier molecular flexibility index (Phi) is 4.47. The third kappa shape index (κ3) is 4.56. The van der Waals surface area contributed by atoms with Crippen LogP contribution in [-0.2, 0) is 16.0 Å². The summed E-state index contributed by atoms with van der Waals surface area (Å²) in [6.45, 7) is 0. The minimum atomic E-state index is -1.34. The molecule has 1 rings (SSSR count). The Morgan fingerprint density at radius 2 is 1.88 bits per heavy atom. The van der Waals surface area contributed by atoms with E-state index in [2.05, 4.69) is 5.32 Å². The Bertz CT molecular complexity index is 364. The molecule has 1 aromatic rings. The molecular formula is C11H13NO4. The number of carboxylic acid groups (broad SMARTS) is 1. The van der Waals surface area contributed by atoms with Crippen molar-refractivity contribution in [3.05, 3.63) is 35.9 Å². The van der Waals surface area contributed by atoms with Crippen molar-refractivity contribution in [1.82, 2.24) is 5.32 Å². The first-order valence-corrected chi connectivity index (χ1v) is 4.81. The Morgan fingerprint density at radius 1 is 1.25 bits per heavy atom. The predicted molar refractivity (Wildman–Crippen MR) is 56.5 cm³/mol. The third-order valence-electron chi connectivity index (χ3n) is 1.90. The number of rotatable bonds is 5. The summed E-state index contributed by atoms with van der Waals surface area (Å²) >= 11 is 0. The standard InChI is InChI=1S/C11H13NO4/c13-9(12-10(14)7-11(15)16)6-8-4-2-1-3-5-8/h1-5,10,14H,6-7H2,(H,12,13)(H,15,16). The van der Waals surface area contributed by atoms with Gasteiger partial charge in [-0.2, -0.15) is 0 Å². The molecule has 1 atom stereocenters. The topological polar surface area (TPSA) is 86.6 Å². The average molecular weight is 223 g/mol. The van der Waals surface area contributed by atoms with Gasteiger partial charge in [0.05, 0.1) is 12.8 Å². The highest BCUT2D eigenvalue weighted by Crippen LogP contribution is 1.99. The second-order valence-electron chi connectivity index (χ2n) is 3.34. The van der Waals surface area contributed by atoms with Crippen LogP contribution in [0.4, 0.5) is 0 Å². The van der Waals surface area contributed by atoms with Crippen LogP contribution in [0, 0.1) is 0 Å². The molecule has 0 saturated heterocycles. The van der Waals surface area contributed by atoms with Gasteiger partial charge in [0.15, 0.2) is 0 Å². The highest BCUT2D eigenvalue weighted by atomic mass is 16.4. The van der Waals surface area contributed by atoms with Gasteiger partial charge in [-0.15, -0.1) is 0 Å². The van der Waals surface area contributed by atoms with Crippen LogP contribution in [0.3, 0.4) is 0 Å². The van der Waals surface area contributed by atoms with Crippen LogP contribution in [0.5, 0.6) is 0 Å². The molecule has 0 heterocycles. The summed E-state index contributed by atoms with van der Waals surface area (Å²) in [4.78, 5) is 21.6. The smallest absolute Gasteiger partial charge is 0.307 e. The molecule has 0 aliphatic rings. The first-order chi connectivity index (χ1) is 7.58. The Hall–Kier alpha value is -1.88. The van der Waals surface area contributed by atoms with Crippen molar-refractivity contribution in [1.29, 1.82) is 0 Å². The molecule has 0 saturated carbocycles. The summed E-state index contributed by atoms with van der Waals surface area (Å²) in [7, 11) is 0. The van der Waals surface area contributed by atoms with E-state index >= 15 is 0 Å². The van der Waals surface area contributed by atoms with Crippen molar-refractivity contribution in [3.8, 4) is 0 Å². The average Bonchev–Trinajstić information content (AvgIpc) is 2.17. The van der Waals surface area contributed by atoms with Gasteiger partial charge in [-0.3, -0.25) is 9.59 Å². The van der Waals surface area contributed by atoms with E-state index in [9.17, 15) is 9.59 Å². The van der Waals surface area contributed by atoms with Crippen molar-refractivity contribution in [2.45, 2.75) is 19.1 Å². The lowest BCUT2D eigenvalue weighted by molar-refractivity contribution is -0.140. The zero-order chi connectivity index (χ0) is 12.0. The highest BCUT2D eigenvalue weighted by molar-refractivity contribution is 5.79. The van der Waals surface area contributed by atoms with E-state index in [4.69, 9.17) is 10.2 Å². The summed E-state index contributed by atoms with van der Waals surface area (Å²) in [5, 5.41) is 19.7. The monoisotopic (exact) mass is 223 g/mol. The number of hydrogen-bond acceptors (Lipinski definition) is 3. The number of nitrogens with one attached hydrogen (secondary N) is 1. The number of amides is 1. The van der Waals surface area contributed by atoms with Crippen LogP contribution in [0.2, 0.25) is 0 Å². The van der Waals surface area contributed by atoms with Gasteiger partial charge in [-0.05, 0) is 5.56 Å². The first kappa shape index (κ1) is 12.2. The summed E-state index contributed by atoms with van der Waals surface area (Å²) in [6.07, 6.45) is -1.72. The number of carbonyl (C=O) groups is 2. The molecule has 1 unspecified atom stereocenters. The van der Waals surface area contributed by atoms with Gasteiger partial charge in [0, 0.05) is 0 Å². The normalized spacial score (nSPS) is 11.8. The molecule has 0 radical (unpaired) electrons. The van der Waals surface area contributed by atoms with Crippen LogP contribution in [0.25, 0.3) is 0 Å². The van der Waals surface area contributed by atoms with Gasteiger partial charge >= 0.3 is 5.97 Å². The molecule has 0 spiro atoms. The van der Waals surface area contributed by atoms with Gasteiger partial charge < -0.3 is 15.5 Å². The fourth-order valence-corrected chi connectivity index (χ4v) is 1.23. The largest absolute Gasteiger partial charge is 0.481 e. The van der Waals surface area contributed by atoms with E-state index in [1.54, 1.807) is 24.3 Å². The molecule has 0 bridgehead atoms. The van der Waals surface area contributed by atoms with E-state index in [1.165, 1.54) is 0 Å². The van der Waals surface area contributed by atoms with E-state index in [0.717, 1.165) is 5.56 Å². The molecule has 5 nitrogen and oxygen atoms in total. The molecule has 0 fully saturated rings. The van der Waals surface area contributed by atoms with Gasteiger partial charge in [-0.1, -0.05) is 30.3 Å². The number of carboxylic acids is 1. The number of aliphatic hydroxyl groups excluding tert-OH is 1. The first-order valence-electron chi connectivity index (χ1n) is 4.81. The number of aliphatic carboxylic acids is 1. The lowest BCUT2D eigenvalue weighted by atomic mass is 10.1. The fraction of sp³-hybridized carbons (Fsp3) is 0.273. The van der Waals surface area contributed by atoms with E-state index < -0.39 is 24.5 Å². The lowest BCUT2D eigenvalue weighted by Gasteiger charge is -2.10. The molecule has 1 aromatic carbocycles. The number of benzene rings is 1. The molecule has 3 N–H and O–H groups in total. The summed E-state index contributed by atoms with van der Waals surface area (Å²) in [5.41, 5.74) is 0.808. The second-order valence-corrected chi connectivity index (χ2v) is 3.34. The quantitative estimate of drug-likeness (QED) is 0.620. The van der Waals surface area contributed by atoms with Crippen LogP contribution < -0.4 is 5.32 Å². The van der Waals surface area contributed by atoms with Gasteiger partial charge in [0.1, 0.15) is 6.23 Å². The van der Waals surface area contributed by atoms with Crippen molar-refractivity contribution in [3.63, 3.8) is 0 Å².